The van der Waals surface area contributed by atoms with Crippen molar-refractivity contribution in [3.05, 3.63) is 34.9 Å². The van der Waals surface area contributed by atoms with Gasteiger partial charge in [-0.2, -0.15) is 0 Å². The van der Waals surface area contributed by atoms with E-state index < -0.39 is 6.04 Å². The van der Waals surface area contributed by atoms with Gasteiger partial charge in [0, 0.05) is 11.4 Å². The monoisotopic (exact) mass is 266 g/mol. The molecule has 2 rings (SSSR count). The fourth-order valence-corrected chi connectivity index (χ4v) is 2.33. The van der Waals surface area contributed by atoms with Crippen LogP contribution in [0.2, 0.25) is 5.02 Å². The van der Waals surface area contributed by atoms with Crippen LogP contribution in [0.3, 0.4) is 0 Å². The second-order valence-corrected chi connectivity index (χ2v) is 4.82. The van der Waals surface area contributed by atoms with Crippen molar-refractivity contribution in [2.45, 2.75) is 31.8 Å². The van der Waals surface area contributed by atoms with Gasteiger partial charge in [-0.05, 0) is 25.0 Å². The average molecular weight is 267 g/mol. The van der Waals surface area contributed by atoms with E-state index >= 15 is 0 Å². The number of carbonyl (C=O) groups excluding carboxylic acids is 2. The molecule has 1 aliphatic heterocycles. The van der Waals surface area contributed by atoms with E-state index in [0.717, 1.165) is 5.56 Å². The van der Waals surface area contributed by atoms with Crippen LogP contribution in [0.5, 0.6) is 0 Å². The highest BCUT2D eigenvalue weighted by Gasteiger charge is 2.28. The van der Waals surface area contributed by atoms with Crippen molar-refractivity contribution in [2.75, 3.05) is 0 Å². The summed E-state index contributed by atoms with van der Waals surface area (Å²) < 4.78 is 0. The molecule has 1 heterocycles. The molecule has 4 nitrogen and oxygen atoms in total. The van der Waals surface area contributed by atoms with E-state index in [0.29, 0.717) is 17.9 Å². The Morgan fingerprint density at radius 1 is 1.50 bits per heavy atom. The van der Waals surface area contributed by atoms with Crippen molar-refractivity contribution in [3.63, 3.8) is 0 Å². The van der Waals surface area contributed by atoms with Crippen LogP contribution in [0.1, 0.15) is 31.4 Å². The van der Waals surface area contributed by atoms with Crippen LogP contribution in [-0.4, -0.2) is 17.9 Å². The minimum atomic E-state index is -0.414. The highest BCUT2D eigenvalue weighted by atomic mass is 35.5. The molecule has 1 aromatic carbocycles. The summed E-state index contributed by atoms with van der Waals surface area (Å²) in [5, 5.41) is 6.13. The van der Waals surface area contributed by atoms with Gasteiger partial charge in [-0.3, -0.25) is 9.59 Å². The Morgan fingerprint density at radius 3 is 2.83 bits per heavy atom. The molecule has 2 amide bonds. The van der Waals surface area contributed by atoms with Crippen molar-refractivity contribution >= 4 is 23.4 Å². The lowest BCUT2D eigenvalue weighted by Gasteiger charge is -2.18. The van der Waals surface area contributed by atoms with E-state index in [1.54, 1.807) is 6.07 Å². The molecule has 0 unspecified atom stereocenters. The molecule has 2 atom stereocenters. The van der Waals surface area contributed by atoms with Crippen molar-refractivity contribution < 1.29 is 9.59 Å². The van der Waals surface area contributed by atoms with Crippen molar-refractivity contribution in [1.82, 2.24) is 10.6 Å². The highest BCUT2D eigenvalue weighted by molar-refractivity contribution is 6.31. The third-order valence-corrected chi connectivity index (χ3v) is 3.39. The molecule has 0 saturated carbocycles. The Labute approximate surface area is 111 Å². The number of halogens is 1. The molecule has 0 aliphatic carbocycles. The van der Waals surface area contributed by atoms with Gasteiger partial charge in [0.05, 0.1) is 6.04 Å². The van der Waals surface area contributed by atoms with Gasteiger partial charge in [0.25, 0.3) is 0 Å². The van der Waals surface area contributed by atoms with Crippen LogP contribution in [0, 0.1) is 0 Å². The molecule has 1 fully saturated rings. The fourth-order valence-electron chi connectivity index (χ4n) is 2.03. The quantitative estimate of drug-likeness (QED) is 0.876. The van der Waals surface area contributed by atoms with E-state index in [9.17, 15) is 9.59 Å². The van der Waals surface area contributed by atoms with Crippen LogP contribution >= 0.6 is 11.6 Å². The predicted molar refractivity (Wildman–Crippen MR) is 69.2 cm³/mol. The van der Waals surface area contributed by atoms with E-state index in [-0.39, 0.29) is 17.9 Å². The molecule has 0 spiro atoms. The van der Waals surface area contributed by atoms with Crippen LogP contribution in [0.4, 0.5) is 0 Å². The lowest BCUT2D eigenvalue weighted by atomic mass is 10.1. The summed E-state index contributed by atoms with van der Waals surface area (Å²) in [5.41, 5.74) is 0.872. The largest absolute Gasteiger partial charge is 0.348 e. The number of benzene rings is 1. The van der Waals surface area contributed by atoms with Crippen LogP contribution in [-0.2, 0) is 9.59 Å². The molecule has 0 bridgehead atoms. The van der Waals surface area contributed by atoms with Gasteiger partial charge in [-0.25, -0.2) is 0 Å². The van der Waals surface area contributed by atoms with Gasteiger partial charge in [-0.1, -0.05) is 29.8 Å². The average Bonchev–Trinajstić information content (AvgIpc) is 2.76. The summed E-state index contributed by atoms with van der Waals surface area (Å²) in [7, 11) is 0. The molecule has 96 valence electrons. The smallest absolute Gasteiger partial charge is 0.243 e. The van der Waals surface area contributed by atoms with Crippen LogP contribution in [0.25, 0.3) is 0 Å². The van der Waals surface area contributed by atoms with E-state index in [1.165, 1.54) is 0 Å². The van der Waals surface area contributed by atoms with Gasteiger partial charge >= 0.3 is 0 Å². The molecular weight excluding hydrogens is 252 g/mol. The normalized spacial score (nSPS) is 20.3. The minimum absolute atomic E-state index is 0.0689. The molecule has 1 saturated heterocycles. The Morgan fingerprint density at radius 2 is 2.22 bits per heavy atom. The molecule has 1 aliphatic rings. The molecule has 18 heavy (non-hydrogen) atoms. The number of amides is 2. The maximum atomic E-state index is 11.9. The summed E-state index contributed by atoms with van der Waals surface area (Å²) in [4.78, 5) is 23.0. The maximum Gasteiger partial charge on any atom is 0.243 e. The summed E-state index contributed by atoms with van der Waals surface area (Å²) in [6, 6.07) is 6.79. The standard InChI is InChI=1S/C13H15ClN2O2/c1-8(9-4-2-3-5-10(9)14)15-13(18)11-6-7-12(17)16-11/h2-5,8,11H,6-7H2,1H3,(H,15,18)(H,16,17)/t8-,11+/m0/s1. The molecule has 0 radical (unpaired) electrons. The number of carbonyl (C=O) groups is 2. The Kier molecular flexibility index (Phi) is 3.87. The SMILES string of the molecule is C[C@H](NC(=O)[C@H]1CCC(=O)N1)c1ccccc1Cl. The van der Waals surface area contributed by atoms with Crippen molar-refractivity contribution in [3.8, 4) is 0 Å². The summed E-state index contributed by atoms with van der Waals surface area (Å²) >= 11 is 6.06. The van der Waals surface area contributed by atoms with Crippen molar-refractivity contribution in [2.24, 2.45) is 0 Å². The number of rotatable bonds is 3. The van der Waals surface area contributed by atoms with E-state index in [1.807, 2.05) is 25.1 Å². The molecule has 1 aromatic rings. The van der Waals surface area contributed by atoms with Gasteiger partial charge < -0.3 is 10.6 Å². The predicted octanol–water partition coefficient (Wildman–Crippen LogP) is 1.80. The molecule has 0 aromatic heterocycles. The first-order valence-corrected chi connectivity index (χ1v) is 6.30. The van der Waals surface area contributed by atoms with E-state index in [2.05, 4.69) is 10.6 Å². The first kappa shape index (κ1) is 12.9. The summed E-state index contributed by atoms with van der Waals surface area (Å²) in [6.45, 7) is 1.87. The third-order valence-electron chi connectivity index (χ3n) is 3.04. The summed E-state index contributed by atoms with van der Waals surface area (Å²) in [5.74, 6) is -0.228. The molecule has 2 N–H and O–H groups in total. The van der Waals surface area contributed by atoms with Crippen molar-refractivity contribution in [1.29, 1.82) is 0 Å². The van der Waals surface area contributed by atoms with Gasteiger partial charge in [0.15, 0.2) is 0 Å². The number of hydrogen-bond donors (Lipinski definition) is 2. The van der Waals surface area contributed by atoms with Crippen LogP contribution < -0.4 is 10.6 Å². The highest BCUT2D eigenvalue weighted by Crippen LogP contribution is 2.22. The third kappa shape index (κ3) is 2.82. The lowest BCUT2D eigenvalue weighted by Crippen LogP contribution is -2.42. The zero-order chi connectivity index (χ0) is 13.1. The lowest BCUT2D eigenvalue weighted by molar-refractivity contribution is -0.126. The first-order valence-electron chi connectivity index (χ1n) is 5.92. The summed E-state index contributed by atoms with van der Waals surface area (Å²) in [6.07, 6.45) is 0.971. The van der Waals surface area contributed by atoms with Gasteiger partial charge in [0.1, 0.15) is 6.04 Å². The topological polar surface area (TPSA) is 58.2 Å². The Hall–Kier alpha value is -1.55. The van der Waals surface area contributed by atoms with E-state index in [4.69, 9.17) is 11.6 Å². The second kappa shape index (κ2) is 5.40. The Bertz CT molecular complexity index is 476. The van der Waals surface area contributed by atoms with Gasteiger partial charge in [0.2, 0.25) is 11.8 Å². The molecular formula is C13H15ClN2O2. The number of hydrogen-bond acceptors (Lipinski definition) is 2. The van der Waals surface area contributed by atoms with Crippen LogP contribution in [0.15, 0.2) is 24.3 Å². The minimum Gasteiger partial charge on any atom is -0.348 e. The maximum absolute atomic E-state index is 11.9. The molecule has 5 heteroatoms. The van der Waals surface area contributed by atoms with Gasteiger partial charge in [-0.15, -0.1) is 0 Å². The first-order chi connectivity index (χ1) is 8.58. The Balaban J connectivity index is 1.99. The fraction of sp³-hybridized carbons (Fsp3) is 0.385. The zero-order valence-electron chi connectivity index (χ0n) is 10.1. The number of nitrogens with one attached hydrogen (secondary N) is 2. The zero-order valence-corrected chi connectivity index (χ0v) is 10.8. The second-order valence-electron chi connectivity index (χ2n) is 4.41.